The fraction of sp³-hybridized carbons (Fsp3) is 0. The first kappa shape index (κ1) is 20.1. The molecule has 0 amide bonds. The maximum Gasteiger partial charge on any atom is 0.159 e. The SMILES string of the molecule is N#Cc1cccc(-c2cccc3c2oc2c(-n4c5ccccc5c5cc(C#N)ccc54)cccc23)c1. The van der Waals surface area contributed by atoms with Crippen molar-refractivity contribution in [3.63, 3.8) is 0 Å². The molecule has 0 aliphatic heterocycles. The number of rotatable bonds is 2. The van der Waals surface area contributed by atoms with Gasteiger partial charge in [0.05, 0.1) is 40.0 Å². The van der Waals surface area contributed by atoms with E-state index in [9.17, 15) is 10.5 Å². The molecule has 0 saturated carbocycles. The normalized spacial score (nSPS) is 11.3. The minimum atomic E-state index is 0.614. The minimum Gasteiger partial charge on any atom is -0.453 e. The lowest BCUT2D eigenvalue weighted by Crippen LogP contribution is -1.94. The molecule has 0 aliphatic rings. The highest BCUT2D eigenvalue weighted by atomic mass is 16.3. The van der Waals surface area contributed by atoms with E-state index in [1.807, 2.05) is 60.7 Å². The summed E-state index contributed by atoms with van der Waals surface area (Å²) in [7, 11) is 0. The van der Waals surface area contributed by atoms with E-state index in [0.717, 1.165) is 60.6 Å². The number of hydrogen-bond acceptors (Lipinski definition) is 3. The molecule has 2 aromatic heterocycles. The van der Waals surface area contributed by atoms with Crippen molar-refractivity contribution in [2.45, 2.75) is 0 Å². The molecule has 0 spiro atoms. The molecular formula is C32H17N3O. The number of para-hydroxylation sites is 3. The van der Waals surface area contributed by atoms with E-state index in [1.54, 1.807) is 6.07 Å². The number of fused-ring (bicyclic) bond motifs is 6. The first-order valence-electron chi connectivity index (χ1n) is 11.7. The zero-order chi connectivity index (χ0) is 24.2. The zero-order valence-electron chi connectivity index (χ0n) is 19.1. The quantitative estimate of drug-likeness (QED) is 0.262. The van der Waals surface area contributed by atoms with Gasteiger partial charge in [-0.15, -0.1) is 0 Å². The molecule has 0 aliphatic carbocycles. The van der Waals surface area contributed by atoms with Crippen molar-refractivity contribution in [2.75, 3.05) is 0 Å². The van der Waals surface area contributed by atoms with Crippen LogP contribution in [-0.4, -0.2) is 4.57 Å². The monoisotopic (exact) mass is 459 g/mol. The summed E-state index contributed by atoms with van der Waals surface area (Å²) in [6.07, 6.45) is 0. The van der Waals surface area contributed by atoms with Gasteiger partial charge in [0.2, 0.25) is 0 Å². The minimum absolute atomic E-state index is 0.614. The Balaban J connectivity index is 1.57. The summed E-state index contributed by atoms with van der Waals surface area (Å²) in [4.78, 5) is 0. The number of aromatic nitrogens is 1. The van der Waals surface area contributed by atoms with Crippen LogP contribution in [0.3, 0.4) is 0 Å². The molecule has 0 atom stereocenters. The highest BCUT2D eigenvalue weighted by molar-refractivity contribution is 6.14. The van der Waals surface area contributed by atoms with Gasteiger partial charge in [0, 0.05) is 27.1 Å². The van der Waals surface area contributed by atoms with Crippen LogP contribution in [0, 0.1) is 22.7 Å². The predicted molar refractivity (Wildman–Crippen MR) is 143 cm³/mol. The Morgan fingerprint density at radius 2 is 1.25 bits per heavy atom. The van der Waals surface area contributed by atoms with Crippen LogP contribution in [0.25, 0.3) is 60.6 Å². The van der Waals surface area contributed by atoms with Gasteiger partial charge in [0.15, 0.2) is 5.58 Å². The topological polar surface area (TPSA) is 65.7 Å². The summed E-state index contributed by atoms with van der Waals surface area (Å²) in [5.74, 6) is 0. The molecule has 0 saturated heterocycles. The van der Waals surface area contributed by atoms with Crippen molar-refractivity contribution in [3.8, 4) is 29.0 Å². The maximum absolute atomic E-state index is 9.48. The van der Waals surface area contributed by atoms with Gasteiger partial charge in [-0.05, 0) is 48.0 Å². The van der Waals surface area contributed by atoms with Crippen LogP contribution in [0.1, 0.15) is 11.1 Å². The van der Waals surface area contributed by atoms with Crippen LogP contribution in [0.15, 0.2) is 108 Å². The molecule has 0 bridgehead atoms. The molecule has 0 fully saturated rings. The smallest absolute Gasteiger partial charge is 0.159 e. The van der Waals surface area contributed by atoms with E-state index in [4.69, 9.17) is 4.42 Å². The number of hydrogen-bond donors (Lipinski definition) is 0. The van der Waals surface area contributed by atoms with Crippen LogP contribution < -0.4 is 0 Å². The van der Waals surface area contributed by atoms with E-state index in [-0.39, 0.29) is 0 Å². The van der Waals surface area contributed by atoms with Crippen molar-refractivity contribution < 1.29 is 4.42 Å². The average Bonchev–Trinajstić information content (AvgIpc) is 3.48. The summed E-state index contributed by atoms with van der Waals surface area (Å²) in [5, 5.41) is 23.0. The lowest BCUT2D eigenvalue weighted by atomic mass is 10.0. The van der Waals surface area contributed by atoms with E-state index in [0.29, 0.717) is 11.1 Å². The third kappa shape index (κ3) is 2.79. The molecule has 7 rings (SSSR count). The molecule has 166 valence electrons. The number of nitriles is 2. The lowest BCUT2D eigenvalue weighted by Gasteiger charge is -2.08. The summed E-state index contributed by atoms with van der Waals surface area (Å²) in [5.41, 5.74) is 7.75. The second kappa shape index (κ2) is 7.60. The zero-order valence-corrected chi connectivity index (χ0v) is 19.1. The maximum atomic E-state index is 9.48. The standard InChI is InChI=1S/C32H17N3O/c33-18-20-6-3-7-22(16-20)23-9-4-10-25-26-11-5-13-30(32(26)36-31(23)25)35-28-12-2-1-8-24(28)27-17-21(19-34)14-15-29(27)35/h1-17H. The molecular weight excluding hydrogens is 442 g/mol. The number of furan rings is 1. The third-order valence-electron chi connectivity index (χ3n) is 6.85. The van der Waals surface area contributed by atoms with E-state index in [1.165, 1.54) is 0 Å². The van der Waals surface area contributed by atoms with Gasteiger partial charge in [-0.1, -0.05) is 60.7 Å². The van der Waals surface area contributed by atoms with Crippen molar-refractivity contribution >= 4 is 43.7 Å². The Morgan fingerprint density at radius 3 is 2.11 bits per heavy atom. The fourth-order valence-corrected chi connectivity index (χ4v) is 5.27. The van der Waals surface area contributed by atoms with Crippen molar-refractivity contribution in [3.05, 3.63) is 114 Å². The van der Waals surface area contributed by atoms with Gasteiger partial charge in [-0.2, -0.15) is 10.5 Å². The van der Waals surface area contributed by atoms with Crippen LogP contribution in [0.4, 0.5) is 0 Å². The van der Waals surface area contributed by atoms with Gasteiger partial charge in [-0.3, -0.25) is 0 Å². The highest BCUT2D eigenvalue weighted by Gasteiger charge is 2.19. The number of benzene rings is 5. The van der Waals surface area contributed by atoms with Crippen molar-refractivity contribution in [1.82, 2.24) is 4.57 Å². The Morgan fingerprint density at radius 1 is 0.556 bits per heavy atom. The molecule has 7 aromatic rings. The molecule has 2 heterocycles. The molecule has 4 nitrogen and oxygen atoms in total. The van der Waals surface area contributed by atoms with Crippen molar-refractivity contribution in [1.29, 1.82) is 10.5 Å². The first-order chi connectivity index (χ1) is 17.8. The Labute approximate surface area is 206 Å². The number of nitrogens with zero attached hydrogens (tertiary/aromatic N) is 3. The van der Waals surface area contributed by atoms with E-state index >= 15 is 0 Å². The summed E-state index contributed by atoms with van der Waals surface area (Å²) >= 11 is 0. The highest BCUT2D eigenvalue weighted by Crippen LogP contribution is 2.40. The third-order valence-corrected chi connectivity index (χ3v) is 6.85. The Hall–Kier alpha value is -5.32. The molecule has 4 heteroatoms. The summed E-state index contributed by atoms with van der Waals surface area (Å²) in [6, 6.07) is 38.5. The van der Waals surface area contributed by atoms with Crippen LogP contribution >= 0.6 is 0 Å². The summed E-state index contributed by atoms with van der Waals surface area (Å²) < 4.78 is 8.87. The predicted octanol–water partition coefficient (Wildman–Crippen LogP) is 8.09. The second-order valence-corrected chi connectivity index (χ2v) is 8.83. The Kier molecular flexibility index (Phi) is 4.24. The molecule has 0 N–H and O–H groups in total. The van der Waals surface area contributed by atoms with Crippen LogP contribution in [0.5, 0.6) is 0 Å². The fourth-order valence-electron chi connectivity index (χ4n) is 5.27. The summed E-state index contributed by atoms with van der Waals surface area (Å²) in [6.45, 7) is 0. The van der Waals surface area contributed by atoms with E-state index < -0.39 is 0 Å². The van der Waals surface area contributed by atoms with Gasteiger partial charge >= 0.3 is 0 Å². The van der Waals surface area contributed by atoms with Crippen LogP contribution in [0.2, 0.25) is 0 Å². The van der Waals surface area contributed by atoms with Gasteiger partial charge < -0.3 is 8.98 Å². The second-order valence-electron chi connectivity index (χ2n) is 8.83. The molecule has 5 aromatic carbocycles. The van der Waals surface area contributed by atoms with E-state index in [2.05, 4.69) is 53.1 Å². The lowest BCUT2D eigenvalue weighted by molar-refractivity contribution is 0.667. The molecule has 36 heavy (non-hydrogen) atoms. The Bertz CT molecular complexity index is 2080. The largest absolute Gasteiger partial charge is 0.453 e. The van der Waals surface area contributed by atoms with Crippen molar-refractivity contribution in [2.24, 2.45) is 0 Å². The van der Waals surface area contributed by atoms with Gasteiger partial charge in [-0.25, -0.2) is 0 Å². The van der Waals surface area contributed by atoms with Gasteiger partial charge in [0.1, 0.15) is 5.58 Å². The van der Waals surface area contributed by atoms with Gasteiger partial charge in [0.25, 0.3) is 0 Å². The molecule has 0 radical (unpaired) electrons. The average molecular weight is 460 g/mol. The molecule has 0 unspecified atom stereocenters. The first-order valence-corrected chi connectivity index (χ1v) is 11.7. The van der Waals surface area contributed by atoms with Crippen LogP contribution in [-0.2, 0) is 0 Å².